The normalized spacial score (nSPS) is 23.0. The lowest BCUT2D eigenvalue weighted by molar-refractivity contribution is -0.121. The van der Waals surface area contributed by atoms with Crippen molar-refractivity contribution in [1.82, 2.24) is 5.32 Å². The van der Waals surface area contributed by atoms with Gasteiger partial charge in [-0.1, -0.05) is 40.5 Å². The molecule has 2 unspecified atom stereocenters. The van der Waals surface area contributed by atoms with Crippen LogP contribution >= 0.6 is 15.9 Å². The fourth-order valence-corrected chi connectivity index (χ4v) is 3.01. The van der Waals surface area contributed by atoms with Crippen LogP contribution in [0.1, 0.15) is 24.8 Å². The van der Waals surface area contributed by atoms with Crippen molar-refractivity contribution >= 4 is 21.8 Å². The molecule has 0 aromatic heterocycles. The summed E-state index contributed by atoms with van der Waals surface area (Å²) in [5, 5.41) is 3.12. The summed E-state index contributed by atoms with van der Waals surface area (Å²) in [7, 11) is 0. The van der Waals surface area contributed by atoms with E-state index in [9.17, 15) is 4.79 Å². The molecule has 3 nitrogen and oxygen atoms in total. The van der Waals surface area contributed by atoms with Crippen molar-refractivity contribution in [3.63, 3.8) is 0 Å². The molecule has 3 N–H and O–H groups in total. The molecule has 1 aliphatic carbocycles. The van der Waals surface area contributed by atoms with E-state index in [4.69, 9.17) is 5.73 Å². The Hall–Kier alpha value is -0.870. The average molecular weight is 311 g/mol. The van der Waals surface area contributed by atoms with Crippen LogP contribution in [0.4, 0.5) is 0 Å². The molecular weight excluding hydrogens is 292 g/mol. The van der Waals surface area contributed by atoms with Gasteiger partial charge in [-0.15, -0.1) is 0 Å². The molecule has 0 aliphatic heterocycles. The van der Waals surface area contributed by atoms with Crippen molar-refractivity contribution in [2.75, 3.05) is 6.54 Å². The van der Waals surface area contributed by atoms with Crippen molar-refractivity contribution in [1.29, 1.82) is 0 Å². The van der Waals surface area contributed by atoms with Crippen molar-refractivity contribution in [3.05, 3.63) is 34.3 Å². The molecule has 0 radical (unpaired) electrons. The minimum atomic E-state index is 0.0900. The quantitative estimate of drug-likeness (QED) is 0.896. The van der Waals surface area contributed by atoms with Gasteiger partial charge in [-0.05, 0) is 36.9 Å². The molecule has 1 aromatic carbocycles. The van der Waals surface area contributed by atoms with E-state index in [1.165, 1.54) is 6.42 Å². The van der Waals surface area contributed by atoms with E-state index in [0.717, 1.165) is 22.9 Å². The lowest BCUT2D eigenvalue weighted by Gasteiger charge is -2.19. The van der Waals surface area contributed by atoms with Crippen molar-refractivity contribution in [3.8, 4) is 0 Å². The topological polar surface area (TPSA) is 55.1 Å². The summed E-state index contributed by atoms with van der Waals surface area (Å²) in [4.78, 5) is 12.0. The number of benzene rings is 1. The maximum atomic E-state index is 12.0. The standard InChI is InChI=1S/C14H19BrN2O/c15-12-6-2-1-4-10(12)8-14(18)17-13-7-3-5-11(13)9-16/h1-2,4,6,11,13H,3,5,7-9,16H2,(H,17,18). The number of nitrogens with one attached hydrogen (secondary N) is 1. The predicted octanol–water partition coefficient (Wildman–Crippen LogP) is 2.24. The smallest absolute Gasteiger partial charge is 0.224 e. The van der Waals surface area contributed by atoms with Gasteiger partial charge in [-0.3, -0.25) is 4.79 Å². The number of nitrogens with two attached hydrogens (primary N) is 1. The molecule has 2 atom stereocenters. The summed E-state index contributed by atoms with van der Waals surface area (Å²) in [6, 6.07) is 8.10. The van der Waals surface area contributed by atoms with Gasteiger partial charge in [0.1, 0.15) is 0 Å². The highest BCUT2D eigenvalue weighted by Crippen LogP contribution is 2.25. The van der Waals surface area contributed by atoms with Crippen LogP contribution in [0.5, 0.6) is 0 Å². The number of hydrogen-bond donors (Lipinski definition) is 2. The van der Waals surface area contributed by atoms with Crippen molar-refractivity contribution in [2.24, 2.45) is 11.7 Å². The lowest BCUT2D eigenvalue weighted by Crippen LogP contribution is -2.40. The van der Waals surface area contributed by atoms with Crippen LogP contribution in [0, 0.1) is 5.92 Å². The maximum absolute atomic E-state index is 12.0. The van der Waals surface area contributed by atoms with E-state index < -0.39 is 0 Å². The van der Waals surface area contributed by atoms with E-state index in [-0.39, 0.29) is 11.9 Å². The van der Waals surface area contributed by atoms with E-state index in [1.54, 1.807) is 0 Å². The Morgan fingerprint density at radius 2 is 2.17 bits per heavy atom. The van der Waals surface area contributed by atoms with Gasteiger partial charge in [0.25, 0.3) is 0 Å². The molecule has 18 heavy (non-hydrogen) atoms. The van der Waals surface area contributed by atoms with E-state index >= 15 is 0 Å². The zero-order chi connectivity index (χ0) is 13.0. The van der Waals surface area contributed by atoms with E-state index in [0.29, 0.717) is 18.9 Å². The monoisotopic (exact) mass is 310 g/mol. The third kappa shape index (κ3) is 3.33. The number of carbonyl (C=O) groups is 1. The second-order valence-electron chi connectivity index (χ2n) is 4.87. The van der Waals surface area contributed by atoms with Gasteiger partial charge in [0.2, 0.25) is 5.91 Å². The van der Waals surface area contributed by atoms with Gasteiger partial charge < -0.3 is 11.1 Å². The maximum Gasteiger partial charge on any atom is 0.224 e. The molecule has 4 heteroatoms. The number of rotatable bonds is 4. The Bertz CT molecular complexity index is 422. The zero-order valence-electron chi connectivity index (χ0n) is 10.4. The molecule has 2 rings (SSSR count). The molecule has 1 amide bonds. The summed E-state index contributed by atoms with van der Waals surface area (Å²) >= 11 is 3.46. The summed E-state index contributed by atoms with van der Waals surface area (Å²) < 4.78 is 0.988. The first-order valence-corrected chi connectivity index (χ1v) is 7.23. The highest BCUT2D eigenvalue weighted by Gasteiger charge is 2.27. The van der Waals surface area contributed by atoms with Crippen molar-refractivity contribution in [2.45, 2.75) is 31.7 Å². The van der Waals surface area contributed by atoms with E-state index in [2.05, 4.69) is 21.2 Å². The van der Waals surface area contributed by atoms with Crippen LogP contribution in [0.3, 0.4) is 0 Å². The first-order chi connectivity index (χ1) is 8.70. The second-order valence-corrected chi connectivity index (χ2v) is 5.72. The molecule has 0 heterocycles. The van der Waals surface area contributed by atoms with Crippen LogP contribution in [-0.2, 0) is 11.2 Å². The van der Waals surface area contributed by atoms with E-state index in [1.807, 2.05) is 24.3 Å². The van der Waals surface area contributed by atoms with Crippen molar-refractivity contribution < 1.29 is 4.79 Å². The Balaban J connectivity index is 1.91. The molecule has 1 fully saturated rings. The molecular formula is C14H19BrN2O. The summed E-state index contributed by atoms with van der Waals surface area (Å²) in [5.41, 5.74) is 6.74. The summed E-state index contributed by atoms with van der Waals surface area (Å²) in [6.45, 7) is 0.667. The third-order valence-electron chi connectivity index (χ3n) is 3.62. The zero-order valence-corrected chi connectivity index (χ0v) is 11.9. The number of halogens is 1. The van der Waals surface area contributed by atoms with Crippen LogP contribution in [0.25, 0.3) is 0 Å². The largest absolute Gasteiger partial charge is 0.353 e. The van der Waals surface area contributed by atoms with Crippen LogP contribution in [-0.4, -0.2) is 18.5 Å². The summed E-state index contributed by atoms with van der Waals surface area (Å²) in [5.74, 6) is 0.542. The van der Waals surface area contributed by atoms with Gasteiger partial charge in [0.05, 0.1) is 6.42 Å². The fraction of sp³-hybridized carbons (Fsp3) is 0.500. The molecule has 1 aliphatic rings. The molecule has 1 saturated carbocycles. The van der Waals surface area contributed by atoms with Gasteiger partial charge in [0.15, 0.2) is 0 Å². The molecule has 0 bridgehead atoms. The highest BCUT2D eigenvalue weighted by molar-refractivity contribution is 9.10. The Labute approximate surface area is 116 Å². The van der Waals surface area contributed by atoms with Gasteiger partial charge in [0, 0.05) is 10.5 Å². The number of hydrogen-bond acceptors (Lipinski definition) is 2. The predicted molar refractivity (Wildman–Crippen MR) is 76.2 cm³/mol. The molecule has 1 aromatic rings. The Morgan fingerprint density at radius 3 is 2.89 bits per heavy atom. The second kappa shape index (κ2) is 6.34. The molecule has 0 saturated heterocycles. The highest BCUT2D eigenvalue weighted by atomic mass is 79.9. The fourth-order valence-electron chi connectivity index (χ4n) is 2.58. The van der Waals surface area contributed by atoms with Crippen LogP contribution in [0.15, 0.2) is 28.7 Å². The number of amides is 1. The molecule has 98 valence electrons. The van der Waals surface area contributed by atoms with Gasteiger partial charge >= 0.3 is 0 Å². The van der Waals surface area contributed by atoms with Gasteiger partial charge in [-0.2, -0.15) is 0 Å². The Kier molecular flexibility index (Phi) is 4.78. The SMILES string of the molecule is NCC1CCCC1NC(=O)Cc1ccccc1Br. The minimum Gasteiger partial charge on any atom is -0.353 e. The minimum absolute atomic E-state index is 0.0900. The van der Waals surface area contributed by atoms with Crippen LogP contribution in [0.2, 0.25) is 0 Å². The first-order valence-electron chi connectivity index (χ1n) is 6.43. The average Bonchev–Trinajstić information content (AvgIpc) is 2.79. The molecule has 0 spiro atoms. The lowest BCUT2D eigenvalue weighted by atomic mass is 10.0. The number of carbonyl (C=O) groups excluding carboxylic acids is 1. The summed E-state index contributed by atoms with van der Waals surface area (Å²) in [6.07, 6.45) is 3.79. The van der Waals surface area contributed by atoms with Crippen LogP contribution < -0.4 is 11.1 Å². The third-order valence-corrected chi connectivity index (χ3v) is 4.39. The van der Waals surface area contributed by atoms with Gasteiger partial charge in [-0.25, -0.2) is 0 Å². The first kappa shape index (κ1) is 13.6. The Morgan fingerprint density at radius 1 is 1.39 bits per heavy atom.